The third kappa shape index (κ3) is 3.61. The van der Waals surface area contributed by atoms with Crippen molar-refractivity contribution in [3.8, 4) is 5.75 Å². The van der Waals surface area contributed by atoms with Crippen LogP contribution in [0, 0.1) is 5.41 Å². The Morgan fingerprint density at radius 3 is 2.43 bits per heavy atom. The summed E-state index contributed by atoms with van der Waals surface area (Å²) in [7, 11) is 1.65. The topological polar surface area (TPSA) is 68.9 Å². The van der Waals surface area contributed by atoms with Crippen molar-refractivity contribution < 1.29 is 9.47 Å². The molecule has 1 aromatic carbocycles. The highest BCUT2D eigenvalue weighted by Gasteiger charge is 2.53. The van der Waals surface area contributed by atoms with Gasteiger partial charge in [-0.15, -0.1) is 0 Å². The average molecular weight is 319 g/mol. The second kappa shape index (κ2) is 7.68. The minimum atomic E-state index is 0.113. The van der Waals surface area contributed by atoms with E-state index in [9.17, 15) is 0 Å². The van der Waals surface area contributed by atoms with Crippen LogP contribution in [-0.4, -0.2) is 31.8 Å². The third-order valence-electron chi connectivity index (χ3n) is 5.08. The molecule has 0 aromatic heterocycles. The fourth-order valence-corrected chi connectivity index (χ4v) is 3.54. The van der Waals surface area contributed by atoms with Crippen molar-refractivity contribution >= 4 is 11.6 Å². The standard InChI is InChI=1S/C18H29N3O2/c1-5-18(6-2)15(12-16(18)23-7-3)21-17(19)20-13-8-10-14(22-4)11-9-13/h8-11,15-16H,5-7,12H2,1-4H3,(H3,19,20,21). The van der Waals surface area contributed by atoms with Crippen LogP contribution >= 0.6 is 0 Å². The fraction of sp³-hybridized carbons (Fsp3) is 0.611. The van der Waals surface area contributed by atoms with Crippen LogP contribution in [-0.2, 0) is 4.74 Å². The average Bonchev–Trinajstić information content (AvgIpc) is 2.56. The van der Waals surface area contributed by atoms with Crippen LogP contribution in [0.5, 0.6) is 5.75 Å². The predicted octanol–water partition coefficient (Wildman–Crippen LogP) is 3.41. The Bertz CT molecular complexity index is 524. The van der Waals surface area contributed by atoms with E-state index in [4.69, 9.17) is 20.2 Å². The third-order valence-corrected chi connectivity index (χ3v) is 5.08. The molecule has 0 aliphatic heterocycles. The van der Waals surface area contributed by atoms with Crippen LogP contribution in [0.25, 0.3) is 0 Å². The fourth-order valence-electron chi connectivity index (χ4n) is 3.54. The molecule has 2 unspecified atom stereocenters. The molecule has 1 aromatic rings. The van der Waals surface area contributed by atoms with E-state index in [0.29, 0.717) is 12.1 Å². The number of nitrogens with one attached hydrogen (secondary N) is 1. The number of aliphatic imine (C=N–C) groups is 1. The Kier molecular flexibility index (Phi) is 5.88. The molecule has 0 amide bonds. The highest BCUT2D eigenvalue weighted by Crippen LogP contribution is 2.50. The molecular formula is C18H29N3O2. The molecule has 5 heteroatoms. The summed E-state index contributed by atoms with van der Waals surface area (Å²) in [4.78, 5) is 4.72. The van der Waals surface area contributed by atoms with Crippen molar-refractivity contribution in [3.05, 3.63) is 24.3 Å². The number of benzene rings is 1. The van der Waals surface area contributed by atoms with E-state index in [0.717, 1.165) is 37.3 Å². The molecular weight excluding hydrogens is 290 g/mol. The predicted molar refractivity (Wildman–Crippen MR) is 95.1 cm³/mol. The number of hydrogen-bond acceptors (Lipinski definition) is 3. The maximum atomic E-state index is 6.10. The van der Waals surface area contributed by atoms with Crippen LogP contribution in [0.1, 0.15) is 40.0 Å². The van der Waals surface area contributed by atoms with Gasteiger partial charge in [-0.1, -0.05) is 13.8 Å². The zero-order chi connectivity index (χ0) is 16.9. The van der Waals surface area contributed by atoms with Gasteiger partial charge in [0.1, 0.15) is 5.75 Å². The molecule has 0 saturated heterocycles. The van der Waals surface area contributed by atoms with Gasteiger partial charge in [0, 0.05) is 17.7 Å². The summed E-state index contributed by atoms with van der Waals surface area (Å²) in [5.74, 6) is 1.28. The van der Waals surface area contributed by atoms with Crippen molar-refractivity contribution in [2.24, 2.45) is 16.1 Å². The van der Waals surface area contributed by atoms with Gasteiger partial charge in [0.05, 0.1) is 19.3 Å². The first-order valence-corrected chi connectivity index (χ1v) is 8.45. The van der Waals surface area contributed by atoms with E-state index in [2.05, 4.69) is 19.2 Å². The minimum absolute atomic E-state index is 0.113. The summed E-state index contributed by atoms with van der Waals surface area (Å²) >= 11 is 0. The molecule has 2 rings (SSSR count). The lowest BCUT2D eigenvalue weighted by atomic mass is 9.59. The van der Waals surface area contributed by atoms with Gasteiger partial charge in [-0.05, 0) is 50.5 Å². The van der Waals surface area contributed by atoms with Gasteiger partial charge in [-0.3, -0.25) is 0 Å². The van der Waals surface area contributed by atoms with Gasteiger partial charge in [-0.25, -0.2) is 4.99 Å². The summed E-state index contributed by atoms with van der Waals surface area (Å²) in [6.07, 6.45) is 3.35. The summed E-state index contributed by atoms with van der Waals surface area (Å²) in [6, 6.07) is 7.87. The Balaban J connectivity index is 2.04. The van der Waals surface area contributed by atoms with Gasteiger partial charge in [0.15, 0.2) is 5.96 Å². The maximum absolute atomic E-state index is 6.10. The number of guanidine groups is 1. The van der Waals surface area contributed by atoms with Crippen LogP contribution in [0.2, 0.25) is 0 Å². The quantitative estimate of drug-likeness (QED) is 0.597. The number of nitrogens with two attached hydrogens (primary N) is 1. The lowest BCUT2D eigenvalue weighted by Gasteiger charge is -2.53. The molecule has 0 bridgehead atoms. The Labute approximate surface area is 139 Å². The number of rotatable bonds is 7. The van der Waals surface area contributed by atoms with Crippen molar-refractivity contribution in [1.82, 2.24) is 0 Å². The molecule has 1 aliphatic rings. The summed E-state index contributed by atoms with van der Waals surface area (Å²) in [5, 5.41) is 3.16. The lowest BCUT2D eigenvalue weighted by molar-refractivity contribution is -0.126. The van der Waals surface area contributed by atoms with Gasteiger partial charge in [0.2, 0.25) is 0 Å². The van der Waals surface area contributed by atoms with Crippen molar-refractivity contribution in [3.63, 3.8) is 0 Å². The van der Waals surface area contributed by atoms with Gasteiger partial charge in [0.25, 0.3) is 0 Å². The Morgan fingerprint density at radius 1 is 1.26 bits per heavy atom. The number of methoxy groups -OCH3 is 1. The molecule has 0 heterocycles. The molecule has 3 N–H and O–H groups in total. The number of anilines is 1. The van der Waals surface area contributed by atoms with E-state index in [1.54, 1.807) is 7.11 Å². The number of ether oxygens (including phenoxy) is 2. The summed E-state index contributed by atoms with van der Waals surface area (Å²) < 4.78 is 11.0. The molecule has 5 nitrogen and oxygen atoms in total. The monoisotopic (exact) mass is 319 g/mol. The molecule has 23 heavy (non-hydrogen) atoms. The van der Waals surface area contributed by atoms with Crippen LogP contribution < -0.4 is 15.8 Å². The largest absolute Gasteiger partial charge is 0.497 e. The first-order valence-electron chi connectivity index (χ1n) is 8.45. The van der Waals surface area contributed by atoms with E-state index < -0.39 is 0 Å². The van der Waals surface area contributed by atoms with Crippen molar-refractivity contribution in [2.75, 3.05) is 19.0 Å². The van der Waals surface area contributed by atoms with E-state index in [1.165, 1.54) is 0 Å². The molecule has 2 atom stereocenters. The lowest BCUT2D eigenvalue weighted by Crippen LogP contribution is -2.57. The molecule has 1 aliphatic carbocycles. The summed E-state index contributed by atoms with van der Waals surface area (Å²) in [5.41, 5.74) is 7.13. The smallest absolute Gasteiger partial charge is 0.193 e. The number of nitrogens with zero attached hydrogens (tertiary/aromatic N) is 1. The van der Waals surface area contributed by atoms with E-state index >= 15 is 0 Å². The molecule has 1 fully saturated rings. The Hall–Kier alpha value is -1.75. The first-order chi connectivity index (χ1) is 11.1. The molecule has 128 valence electrons. The molecule has 1 saturated carbocycles. The zero-order valence-corrected chi connectivity index (χ0v) is 14.6. The van der Waals surface area contributed by atoms with E-state index in [-0.39, 0.29) is 11.5 Å². The Morgan fingerprint density at radius 2 is 1.91 bits per heavy atom. The first kappa shape index (κ1) is 17.6. The van der Waals surface area contributed by atoms with Crippen LogP contribution in [0.4, 0.5) is 5.69 Å². The second-order valence-corrected chi connectivity index (χ2v) is 6.00. The van der Waals surface area contributed by atoms with Crippen molar-refractivity contribution in [2.45, 2.75) is 52.2 Å². The number of hydrogen-bond donors (Lipinski definition) is 2. The van der Waals surface area contributed by atoms with Crippen molar-refractivity contribution in [1.29, 1.82) is 0 Å². The van der Waals surface area contributed by atoms with Gasteiger partial charge >= 0.3 is 0 Å². The zero-order valence-electron chi connectivity index (χ0n) is 14.6. The second-order valence-electron chi connectivity index (χ2n) is 6.00. The SMILES string of the molecule is CCOC1CC(N=C(N)Nc2ccc(OC)cc2)C1(CC)CC. The van der Waals surface area contributed by atoms with Gasteiger partial charge in [-0.2, -0.15) is 0 Å². The maximum Gasteiger partial charge on any atom is 0.193 e. The summed E-state index contributed by atoms with van der Waals surface area (Å²) in [6.45, 7) is 7.23. The molecule has 0 radical (unpaired) electrons. The highest BCUT2D eigenvalue weighted by molar-refractivity contribution is 5.92. The minimum Gasteiger partial charge on any atom is -0.497 e. The normalized spacial score (nSPS) is 23.2. The molecule has 0 spiro atoms. The van der Waals surface area contributed by atoms with Gasteiger partial charge < -0.3 is 20.5 Å². The highest BCUT2D eigenvalue weighted by atomic mass is 16.5. The van der Waals surface area contributed by atoms with E-state index in [1.807, 2.05) is 31.2 Å². The van der Waals surface area contributed by atoms with Crippen LogP contribution in [0.3, 0.4) is 0 Å². The van der Waals surface area contributed by atoms with Crippen LogP contribution in [0.15, 0.2) is 29.3 Å².